The van der Waals surface area contributed by atoms with Crippen LogP contribution >= 0.6 is 0 Å². The monoisotopic (exact) mass is 152 g/mol. The molecule has 0 aromatic carbocycles. The van der Waals surface area contributed by atoms with E-state index in [0.29, 0.717) is 0 Å². The third-order valence-electron chi connectivity index (χ3n) is 1.82. The Bertz CT molecular complexity index is 224. The van der Waals surface area contributed by atoms with Crippen LogP contribution in [0.25, 0.3) is 0 Å². The normalized spacial score (nSPS) is 17.2. The van der Waals surface area contributed by atoms with Gasteiger partial charge in [0.25, 0.3) is 0 Å². The van der Waals surface area contributed by atoms with Gasteiger partial charge in [0, 0.05) is 0 Å². The Morgan fingerprint density at radius 1 is 1.55 bits per heavy atom. The van der Waals surface area contributed by atoms with Crippen LogP contribution in [-0.2, 0) is 4.79 Å². The summed E-state index contributed by atoms with van der Waals surface area (Å²) in [4.78, 5) is 10.3. The van der Waals surface area contributed by atoms with Crippen molar-refractivity contribution in [3.63, 3.8) is 0 Å². The second-order valence-electron chi connectivity index (χ2n) is 2.91. The lowest BCUT2D eigenvalue weighted by atomic mass is 9.97. The molecule has 0 spiro atoms. The van der Waals surface area contributed by atoms with Gasteiger partial charge in [0.05, 0.1) is 6.42 Å². The summed E-state index contributed by atoms with van der Waals surface area (Å²) in [6.45, 7) is 2.06. The Hall–Kier alpha value is -1.05. The Labute approximate surface area is 66.2 Å². The van der Waals surface area contributed by atoms with E-state index in [1.54, 1.807) is 0 Å². The molecule has 0 fully saturated rings. The first-order valence-electron chi connectivity index (χ1n) is 3.75. The topological polar surface area (TPSA) is 37.3 Å². The number of carboxylic acid groups (broad SMARTS) is 1. The van der Waals surface area contributed by atoms with Gasteiger partial charge >= 0.3 is 5.97 Å². The van der Waals surface area contributed by atoms with Crippen LogP contribution in [-0.4, -0.2) is 11.1 Å². The van der Waals surface area contributed by atoms with E-state index in [2.05, 4.69) is 6.92 Å². The van der Waals surface area contributed by atoms with Gasteiger partial charge in [-0.2, -0.15) is 0 Å². The van der Waals surface area contributed by atoms with Crippen molar-refractivity contribution >= 4 is 5.97 Å². The highest BCUT2D eigenvalue weighted by Gasteiger charge is 2.06. The summed E-state index contributed by atoms with van der Waals surface area (Å²) in [5, 5.41) is 8.47. The Morgan fingerprint density at radius 2 is 2.27 bits per heavy atom. The SMILES string of the molecule is CC1=CC=C(CC(=O)O)CC1. The second-order valence-corrected chi connectivity index (χ2v) is 2.91. The average molecular weight is 152 g/mol. The Kier molecular flexibility index (Phi) is 2.47. The van der Waals surface area contributed by atoms with Crippen LogP contribution < -0.4 is 0 Å². The van der Waals surface area contributed by atoms with E-state index in [9.17, 15) is 4.79 Å². The van der Waals surface area contributed by atoms with Crippen LogP contribution in [0.5, 0.6) is 0 Å². The summed E-state index contributed by atoms with van der Waals surface area (Å²) in [5.74, 6) is -0.732. The predicted octanol–water partition coefficient (Wildman–Crippen LogP) is 2.13. The van der Waals surface area contributed by atoms with Crippen molar-refractivity contribution in [2.75, 3.05) is 0 Å². The zero-order valence-corrected chi connectivity index (χ0v) is 6.63. The molecule has 0 radical (unpaired) electrons. The van der Waals surface area contributed by atoms with E-state index < -0.39 is 5.97 Å². The molecule has 60 valence electrons. The van der Waals surface area contributed by atoms with Gasteiger partial charge in [-0.05, 0) is 19.8 Å². The summed E-state index contributed by atoms with van der Waals surface area (Å²) < 4.78 is 0. The molecule has 0 saturated carbocycles. The van der Waals surface area contributed by atoms with Crippen molar-refractivity contribution in [1.29, 1.82) is 0 Å². The summed E-state index contributed by atoms with van der Waals surface area (Å²) >= 11 is 0. The van der Waals surface area contributed by atoms with Crippen molar-refractivity contribution in [3.05, 3.63) is 23.3 Å². The van der Waals surface area contributed by atoms with Crippen LogP contribution in [0.15, 0.2) is 23.3 Å². The van der Waals surface area contributed by atoms with Gasteiger partial charge in [-0.3, -0.25) is 4.79 Å². The fourth-order valence-corrected chi connectivity index (χ4v) is 1.13. The van der Waals surface area contributed by atoms with Gasteiger partial charge in [-0.15, -0.1) is 0 Å². The quantitative estimate of drug-likeness (QED) is 0.658. The first kappa shape index (κ1) is 8.05. The minimum atomic E-state index is -0.732. The lowest BCUT2D eigenvalue weighted by Gasteiger charge is -2.09. The lowest BCUT2D eigenvalue weighted by molar-refractivity contribution is -0.136. The fraction of sp³-hybridized carbons (Fsp3) is 0.444. The van der Waals surface area contributed by atoms with Crippen molar-refractivity contribution in [1.82, 2.24) is 0 Å². The van der Waals surface area contributed by atoms with Crippen molar-refractivity contribution < 1.29 is 9.90 Å². The van der Waals surface area contributed by atoms with Crippen molar-refractivity contribution in [2.24, 2.45) is 0 Å². The first-order chi connectivity index (χ1) is 5.18. The van der Waals surface area contributed by atoms with E-state index in [1.807, 2.05) is 12.2 Å². The fourth-order valence-electron chi connectivity index (χ4n) is 1.13. The molecule has 0 bridgehead atoms. The highest BCUT2D eigenvalue weighted by Crippen LogP contribution is 2.19. The number of allylic oxidation sites excluding steroid dienone is 3. The summed E-state index contributed by atoms with van der Waals surface area (Å²) in [5.41, 5.74) is 2.36. The smallest absolute Gasteiger partial charge is 0.307 e. The molecule has 0 aliphatic heterocycles. The number of aliphatic carboxylic acids is 1. The van der Waals surface area contributed by atoms with Crippen LogP contribution in [0.4, 0.5) is 0 Å². The van der Waals surface area contributed by atoms with Crippen molar-refractivity contribution in [3.8, 4) is 0 Å². The molecule has 0 aromatic heterocycles. The van der Waals surface area contributed by atoms with Gasteiger partial charge in [-0.25, -0.2) is 0 Å². The van der Waals surface area contributed by atoms with Crippen LogP contribution in [0.1, 0.15) is 26.2 Å². The maximum atomic E-state index is 10.3. The maximum absolute atomic E-state index is 10.3. The largest absolute Gasteiger partial charge is 0.481 e. The maximum Gasteiger partial charge on any atom is 0.307 e. The van der Waals surface area contributed by atoms with E-state index in [4.69, 9.17) is 5.11 Å². The van der Waals surface area contributed by atoms with Gasteiger partial charge in [0.2, 0.25) is 0 Å². The molecule has 2 nitrogen and oxygen atoms in total. The summed E-state index contributed by atoms with van der Waals surface area (Å²) in [7, 11) is 0. The summed E-state index contributed by atoms with van der Waals surface area (Å²) in [6, 6.07) is 0. The predicted molar refractivity (Wildman–Crippen MR) is 43.3 cm³/mol. The average Bonchev–Trinajstić information content (AvgIpc) is 1.93. The zero-order chi connectivity index (χ0) is 8.27. The molecule has 11 heavy (non-hydrogen) atoms. The van der Waals surface area contributed by atoms with Gasteiger partial charge in [0.1, 0.15) is 0 Å². The number of rotatable bonds is 2. The Balaban J connectivity index is 2.54. The number of hydrogen-bond donors (Lipinski definition) is 1. The van der Waals surface area contributed by atoms with Gasteiger partial charge in [-0.1, -0.05) is 23.3 Å². The lowest BCUT2D eigenvalue weighted by Crippen LogP contribution is -1.99. The van der Waals surface area contributed by atoms with E-state index in [0.717, 1.165) is 18.4 Å². The number of carboxylic acids is 1. The zero-order valence-electron chi connectivity index (χ0n) is 6.63. The molecular weight excluding hydrogens is 140 g/mol. The standard InChI is InChI=1S/C9H12O2/c1-7-2-4-8(5-3-7)6-9(10)11/h2,4H,3,5-6H2,1H3,(H,10,11). The molecule has 1 N–H and O–H groups in total. The Morgan fingerprint density at radius 3 is 2.73 bits per heavy atom. The minimum Gasteiger partial charge on any atom is -0.481 e. The summed E-state index contributed by atoms with van der Waals surface area (Å²) in [6.07, 6.45) is 6.05. The van der Waals surface area contributed by atoms with Crippen molar-refractivity contribution in [2.45, 2.75) is 26.2 Å². The van der Waals surface area contributed by atoms with Gasteiger partial charge in [0.15, 0.2) is 0 Å². The van der Waals surface area contributed by atoms with Gasteiger partial charge < -0.3 is 5.11 Å². The first-order valence-corrected chi connectivity index (χ1v) is 3.75. The second kappa shape index (κ2) is 3.37. The van der Waals surface area contributed by atoms with Crippen LogP contribution in [0.2, 0.25) is 0 Å². The molecule has 0 saturated heterocycles. The molecule has 0 atom stereocenters. The third kappa shape index (κ3) is 2.58. The molecule has 1 rings (SSSR count). The number of carbonyl (C=O) groups is 1. The molecule has 0 aromatic rings. The van der Waals surface area contributed by atoms with Crippen LogP contribution in [0.3, 0.4) is 0 Å². The molecular formula is C9H12O2. The van der Waals surface area contributed by atoms with Crippen LogP contribution in [0, 0.1) is 0 Å². The molecule has 2 heteroatoms. The molecule has 0 amide bonds. The van der Waals surface area contributed by atoms with E-state index >= 15 is 0 Å². The highest BCUT2D eigenvalue weighted by atomic mass is 16.4. The molecule has 1 aliphatic carbocycles. The highest BCUT2D eigenvalue weighted by molar-refractivity contribution is 5.70. The molecule has 0 unspecified atom stereocenters. The minimum absolute atomic E-state index is 0.198. The van der Waals surface area contributed by atoms with E-state index in [-0.39, 0.29) is 6.42 Å². The molecule has 0 heterocycles. The number of hydrogen-bond acceptors (Lipinski definition) is 1. The third-order valence-corrected chi connectivity index (χ3v) is 1.82. The molecule has 1 aliphatic rings. The van der Waals surface area contributed by atoms with E-state index in [1.165, 1.54) is 5.57 Å².